The summed E-state index contributed by atoms with van der Waals surface area (Å²) in [6.45, 7) is -0.102. The van der Waals surface area contributed by atoms with Crippen LogP contribution in [0.25, 0.3) is 0 Å². The van der Waals surface area contributed by atoms with E-state index in [2.05, 4.69) is 5.32 Å². The van der Waals surface area contributed by atoms with E-state index in [0.717, 1.165) is 27.8 Å². The molecule has 0 aliphatic carbocycles. The summed E-state index contributed by atoms with van der Waals surface area (Å²) in [5, 5.41) is 2.81. The molecule has 8 nitrogen and oxygen atoms in total. The summed E-state index contributed by atoms with van der Waals surface area (Å²) in [6.07, 6.45) is -1.95. The predicted molar refractivity (Wildman–Crippen MR) is 146 cm³/mol. The first-order valence-corrected chi connectivity index (χ1v) is 14.1. The molecule has 2 aromatic rings. The highest BCUT2D eigenvalue weighted by atomic mass is 35.5. The Morgan fingerprint density at radius 2 is 1.82 bits per heavy atom. The highest BCUT2D eigenvalue weighted by Crippen LogP contribution is 2.42. The van der Waals surface area contributed by atoms with E-state index in [1.54, 1.807) is 0 Å². The molecular weight excluding hydrogens is 589 g/mol. The number of rotatable bonds is 13. The molecule has 2 aliphatic heterocycles. The average Bonchev–Trinajstić information content (AvgIpc) is 2.99. The monoisotopic (exact) mass is 614 g/mol. The van der Waals surface area contributed by atoms with Crippen LogP contribution in [0.2, 0.25) is 0 Å². The Balaban J connectivity index is 1.61. The van der Waals surface area contributed by atoms with Gasteiger partial charge in [-0.25, -0.2) is 10.1 Å². The molecule has 1 saturated heterocycles. The number of thioether (sulfide) groups is 1. The summed E-state index contributed by atoms with van der Waals surface area (Å²) >= 11 is 12.0. The van der Waals surface area contributed by atoms with Crippen molar-refractivity contribution >= 4 is 46.8 Å². The van der Waals surface area contributed by atoms with Crippen LogP contribution >= 0.6 is 35.0 Å². The van der Waals surface area contributed by atoms with Crippen LogP contribution in [0, 0.1) is 0 Å². The van der Waals surface area contributed by atoms with Gasteiger partial charge in [0.05, 0.1) is 12.9 Å². The van der Waals surface area contributed by atoms with Gasteiger partial charge < -0.3 is 18.9 Å². The summed E-state index contributed by atoms with van der Waals surface area (Å²) in [4.78, 5) is 28.4. The second-order valence-corrected chi connectivity index (χ2v) is 10.1. The summed E-state index contributed by atoms with van der Waals surface area (Å²) in [6, 6.07) is 18.3. The number of ether oxygens (including phenoxy) is 4. The van der Waals surface area contributed by atoms with Gasteiger partial charge in [-0.2, -0.15) is 8.78 Å². The van der Waals surface area contributed by atoms with E-state index < -0.39 is 41.9 Å². The molecule has 1 unspecified atom stereocenters. The summed E-state index contributed by atoms with van der Waals surface area (Å²) in [5.74, 6) is -4.53. The third-order valence-corrected chi connectivity index (χ3v) is 7.43. The van der Waals surface area contributed by atoms with Crippen molar-refractivity contribution in [3.05, 3.63) is 94.9 Å². The molecule has 214 valence electrons. The molecule has 0 spiro atoms. The molecule has 0 bridgehead atoms. The second-order valence-electron chi connectivity index (χ2n) is 8.60. The van der Waals surface area contributed by atoms with Gasteiger partial charge in [-0.05, 0) is 11.1 Å². The van der Waals surface area contributed by atoms with Crippen LogP contribution in [-0.4, -0.2) is 66.1 Å². The van der Waals surface area contributed by atoms with Gasteiger partial charge in [0.1, 0.15) is 5.70 Å². The fourth-order valence-electron chi connectivity index (χ4n) is 4.45. The zero-order valence-electron chi connectivity index (χ0n) is 21.2. The van der Waals surface area contributed by atoms with Crippen LogP contribution in [0.15, 0.2) is 83.7 Å². The summed E-state index contributed by atoms with van der Waals surface area (Å²) in [7, 11) is 1.25. The van der Waals surface area contributed by atoms with E-state index in [0.29, 0.717) is 17.3 Å². The Bertz CT molecular complexity index is 1200. The zero-order chi connectivity index (χ0) is 28.7. The van der Waals surface area contributed by atoms with E-state index >= 15 is 0 Å². The van der Waals surface area contributed by atoms with Crippen molar-refractivity contribution in [2.24, 2.45) is 0 Å². The molecule has 0 aromatic heterocycles. The van der Waals surface area contributed by atoms with Gasteiger partial charge in [-0.3, -0.25) is 9.69 Å². The van der Waals surface area contributed by atoms with Gasteiger partial charge in [0.2, 0.25) is 5.72 Å². The van der Waals surface area contributed by atoms with Crippen molar-refractivity contribution in [2.45, 2.75) is 30.0 Å². The van der Waals surface area contributed by atoms with Crippen molar-refractivity contribution in [3.8, 4) is 0 Å². The standard InChI is InChI=1S/C27H26Cl2F2N2O6S/c1-36-27(32-20(37-13-12-28)16-40-26(30)31)24(35)33-21(19(14-29)15-38-25(27)33)23(34)39-22(17-8-4-2-5-9-17)18-10-6-3-7-11-18/h2-13,20,22,25-26,32H,14-16H2,1H3/b13-12-/t20?,25-,27+/m1/s1. The molecule has 2 heterocycles. The molecule has 1 N–H and O–H groups in total. The van der Waals surface area contributed by atoms with E-state index in [-0.39, 0.29) is 23.9 Å². The number of methoxy groups -OCH3 is 1. The Morgan fingerprint density at radius 3 is 2.35 bits per heavy atom. The maximum atomic E-state index is 13.7. The van der Waals surface area contributed by atoms with Crippen LogP contribution in [-0.2, 0) is 28.5 Å². The first-order valence-electron chi connectivity index (χ1n) is 12.0. The molecule has 0 radical (unpaired) electrons. The normalized spacial score (nSPS) is 21.5. The van der Waals surface area contributed by atoms with Crippen molar-refractivity contribution in [1.29, 1.82) is 0 Å². The van der Waals surface area contributed by atoms with Crippen LogP contribution in [0.5, 0.6) is 0 Å². The minimum atomic E-state index is -2.68. The fourth-order valence-corrected chi connectivity index (χ4v) is 5.19. The van der Waals surface area contributed by atoms with Crippen LogP contribution < -0.4 is 5.32 Å². The maximum absolute atomic E-state index is 13.7. The lowest BCUT2D eigenvalue weighted by molar-refractivity contribution is -0.266. The van der Waals surface area contributed by atoms with Crippen molar-refractivity contribution in [3.63, 3.8) is 0 Å². The number of nitrogens with zero attached hydrogens (tertiary/aromatic N) is 1. The lowest BCUT2D eigenvalue weighted by Gasteiger charge is -2.56. The minimum Gasteiger partial charge on any atom is -0.481 e. The first kappa shape index (κ1) is 30.3. The summed E-state index contributed by atoms with van der Waals surface area (Å²) in [5.41, 5.74) is 0.937. The van der Waals surface area contributed by atoms with Gasteiger partial charge in [0.15, 0.2) is 18.6 Å². The van der Waals surface area contributed by atoms with Gasteiger partial charge >= 0.3 is 5.97 Å². The highest BCUT2D eigenvalue weighted by molar-refractivity contribution is 7.99. The van der Waals surface area contributed by atoms with Crippen molar-refractivity contribution in [2.75, 3.05) is 25.3 Å². The van der Waals surface area contributed by atoms with E-state index in [1.165, 1.54) is 7.11 Å². The van der Waals surface area contributed by atoms with Crippen LogP contribution in [0.1, 0.15) is 17.2 Å². The Hall–Kier alpha value is -2.67. The first-order chi connectivity index (χ1) is 19.4. The number of amides is 1. The quantitative estimate of drug-likeness (QED) is 0.111. The Kier molecular flexibility index (Phi) is 10.4. The van der Waals surface area contributed by atoms with Crippen molar-refractivity contribution < 1.29 is 37.3 Å². The molecule has 13 heteroatoms. The topological polar surface area (TPSA) is 86.3 Å². The molecule has 0 saturated carbocycles. The lowest BCUT2D eigenvalue weighted by Crippen LogP contribution is -2.83. The summed E-state index contributed by atoms with van der Waals surface area (Å²) < 4.78 is 48.5. The van der Waals surface area contributed by atoms with Gasteiger partial charge in [0, 0.05) is 29.9 Å². The molecule has 3 atom stereocenters. The maximum Gasteiger partial charge on any atom is 0.356 e. The lowest BCUT2D eigenvalue weighted by atomic mass is 9.94. The molecule has 1 amide bonds. The molecule has 1 fully saturated rings. The molecule has 2 aliphatic rings. The molecule has 2 aromatic carbocycles. The molecule has 4 rings (SSSR count). The van der Waals surface area contributed by atoms with Gasteiger partial charge in [-0.1, -0.05) is 84.0 Å². The molecule has 40 heavy (non-hydrogen) atoms. The number of carbonyl (C=O) groups is 2. The predicted octanol–water partition coefficient (Wildman–Crippen LogP) is 4.95. The largest absolute Gasteiger partial charge is 0.481 e. The number of halogens is 4. The van der Waals surface area contributed by atoms with Crippen LogP contribution in [0.4, 0.5) is 8.78 Å². The van der Waals surface area contributed by atoms with E-state index in [9.17, 15) is 18.4 Å². The number of nitrogens with one attached hydrogen (secondary N) is 1. The average molecular weight is 615 g/mol. The number of carbonyl (C=O) groups excluding carboxylic acids is 2. The Morgan fingerprint density at radius 1 is 1.20 bits per heavy atom. The minimum absolute atomic E-state index is 0.0670. The van der Waals surface area contributed by atoms with Gasteiger partial charge in [0.25, 0.3) is 11.7 Å². The second kappa shape index (κ2) is 13.8. The van der Waals surface area contributed by atoms with Crippen LogP contribution in [0.3, 0.4) is 0 Å². The SMILES string of the molecule is CO[C@@]1(NC(CSC(F)F)O/C=C\Cl)C(=O)N2C(C(=O)OC(c3ccccc3)c3ccccc3)=C(CCl)CO[C@@H]21. The third kappa shape index (κ3) is 6.29. The third-order valence-electron chi connectivity index (χ3n) is 6.26. The fraction of sp³-hybridized carbons (Fsp3) is 0.333. The molecular formula is C27H26Cl2F2N2O6S. The number of hydrogen-bond donors (Lipinski definition) is 1. The number of benzene rings is 2. The zero-order valence-corrected chi connectivity index (χ0v) is 23.5. The van der Waals surface area contributed by atoms with E-state index in [1.807, 2.05) is 60.7 Å². The number of fused-ring (bicyclic) bond motifs is 1. The van der Waals surface area contributed by atoms with E-state index in [4.69, 9.17) is 42.1 Å². The number of alkyl halides is 3. The number of esters is 1. The number of hydrogen-bond acceptors (Lipinski definition) is 8. The van der Waals surface area contributed by atoms with Gasteiger partial charge in [-0.15, -0.1) is 11.6 Å². The van der Waals surface area contributed by atoms with Crippen molar-refractivity contribution in [1.82, 2.24) is 10.2 Å². The number of β-lactam (4-membered cyclic amide) rings is 1. The highest BCUT2D eigenvalue weighted by Gasteiger charge is 2.67. The smallest absolute Gasteiger partial charge is 0.356 e. The Labute approximate surface area is 244 Å².